The Morgan fingerprint density at radius 1 is 0.293 bits per heavy atom. The maximum absolute atomic E-state index is 14.2. The largest absolute Gasteiger partial charge is 0.488 e. The van der Waals surface area contributed by atoms with Crippen LogP contribution in [-0.2, 0) is 59.3 Å². The van der Waals surface area contributed by atoms with Gasteiger partial charge in [-0.3, -0.25) is 0 Å². The molecule has 12 aromatic carbocycles. The number of fused-ring (bicyclic) bond motifs is 2. The highest BCUT2D eigenvalue weighted by Crippen LogP contribution is 2.60. The Labute approximate surface area is 585 Å². The van der Waals surface area contributed by atoms with Gasteiger partial charge in [0.1, 0.15) is 104 Å². The van der Waals surface area contributed by atoms with Crippen molar-refractivity contribution in [1.29, 1.82) is 0 Å². The van der Waals surface area contributed by atoms with Crippen LogP contribution in [0.3, 0.4) is 0 Å². The van der Waals surface area contributed by atoms with Crippen LogP contribution in [0.15, 0.2) is 296 Å². The molecule has 14 rings (SSSR count). The molecule has 496 valence electrons. The number of hydrogen-bond acceptors (Lipinski definition) is 12. The van der Waals surface area contributed by atoms with Crippen molar-refractivity contribution >= 4 is 15.9 Å². The summed E-state index contributed by atoms with van der Waals surface area (Å²) < 4.78 is 70.1. The van der Waals surface area contributed by atoms with Gasteiger partial charge in [0, 0.05) is 35.2 Å². The van der Waals surface area contributed by atoms with Crippen molar-refractivity contribution < 1.29 is 57.6 Å². The molecule has 2 heterocycles. The fourth-order valence-electron chi connectivity index (χ4n) is 12.5. The van der Waals surface area contributed by atoms with Gasteiger partial charge in [-0.05, 0) is 95.8 Å². The summed E-state index contributed by atoms with van der Waals surface area (Å²) in [4.78, 5) is 0. The lowest BCUT2D eigenvalue weighted by atomic mass is 9.77. The zero-order valence-corrected chi connectivity index (χ0v) is 55.9. The smallest absolute Gasteiger partial charge is 0.162 e. The molecular weight excluding hydrogens is 1300 g/mol. The zero-order valence-electron chi connectivity index (χ0n) is 54.3. The number of halogens is 1. The van der Waals surface area contributed by atoms with Gasteiger partial charge in [-0.15, -0.1) is 0 Å². The summed E-state index contributed by atoms with van der Waals surface area (Å²) in [6.07, 6.45) is -4.71. The number of aliphatic hydroxyl groups is 2. The number of ether oxygens (including phenoxy) is 10. The molecule has 0 saturated heterocycles. The van der Waals surface area contributed by atoms with Crippen LogP contribution in [0.2, 0.25) is 0 Å². The Morgan fingerprint density at radius 3 is 0.939 bits per heavy atom. The van der Waals surface area contributed by atoms with E-state index < -0.39 is 30.3 Å². The fourth-order valence-corrected chi connectivity index (χ4v) is 13.0. The normalized spacial score (nSPS) is 16.0. The third-order valence-electron chi connectivity index (χ3n) is 17.5. The molecule has 13 heteroatoms. The van der Waals surface area contributed by atoms with Gasteiger partial charge in [-0.25, -0.2) is 0 Å². The predicted octanol–water partition coefficient (Wildman–Crippen LogP) is 18.7. The van der Waals surface area contributed by atoms with E-state index >= 15 is 0 Å². The first-order valence-electron chi connectivity index (χ1n) is 33.2. The third-order valence-corrected chi connectivity index (χ3v) is 18.3. The molecule has 2 N–H and O–H groups in total. The van der Waals surface area contributed by atoms with E-state index in [-0.39, 0.29) is 59.3 Å². The van der Waals surface area contributed by atoms with E-state index in [9.17, 15) is 10.2 Å². The van der Waals surface area contributed by atoms with Crippen LogP contribution in [0.1, 0.15) is 90.5 Å². The molecule has 0 fully saturated rings. The Bertz CT molecular complexity index is 4590. The molecule has 2 aliphatic heterocycles. The van der Waals surface area contributed by atoms with Crippen LogP contribution >= 0.6 is 15.9 Å². The maximum atomic E-state index is 14.2. The van der Waals surface area contributed by atoms with Crippen LogP contribution in [-0.4, -0.2) is 22.4 Å². The molecule has 0 saturated carbocycles. The lowest BCUT2D eigenvalue weighted by Gasteiger charge is -2.41. The molecule has 99 heavy (non-hydrogen) atoms. The minimum atomic E-state index is -1.45. The molecule has 0 aliphatic carbocycles. The first kappa shape index (κ1) is 65.3. The van der Waals surface area contributed by atoms with Gasteiger partial charge in [0.25, 0.3) is 0 Å². The summed E-state index contributed by atoms with van der Waals surface area (Å²) in [5.74, 6) is 3.02. The Kier molecular flexibility index (Phi) is 20.8. The number of rotatable bonds is 27. The second-order valence-electron chi connectivity index (χ2n) is 24.4. The van der Waals surface area contributed by atoms with Crippen LogP contribution < -0.4 is 47.4 Å². The van der Waals surface area contributed by atoms with E-state index in [0.29, 0.717) is 89.8 Å². The first-order valence-corrected chi connectivity index (χ1v) is 34.0. The highest BCUT2D eigenvalue weighted by Gasteiger charge is 2.48. The molecule has 0 radical (unpaired) electrons. The Balaban J connectivity index is 0.965. The van der Waals surface area contributed by atoms with Gasteiger partial charge in [0.05, 0.1) is 12.0 Å². The van der Waals surface area contributed by atoms with Crippen molar-refractivity contribution in [3.05, 3.63) is 368 Å². The van der Waals surface area contributed by atoms with Crippen molar-refractivity contribution in [2.24, 2.45) is 0 Å². The molecule has 0 amide bonds. The minimum Gasteiger partial charge on any atom is -0.488 e. The highest BCUT2D eigenvalue weighted by atomic mass is 79.9. The van der Waals surface area contributed by atoms with Gasteiger partial charge in [-0.1, -0.05) is 255 Å². The van der Waals surface area contributed by atoms with Crippen LogP contribution in [0.4, 0.5) is 0 Å². The van der Waals surface area contributed by atoms with E-state index in [1.54, 1.807) is 0 Å². The molecule has 0 aromatic heterocycles. The summed E-state index contributed by atoms with van der Waals surface area (Å²) in [5.41, 5.74) is 10.2. The first-order chi connectivity index (χ1) is 48.8. The predicted molar refractivity (Wildman–Crippen MR) is 384 cm³/mol. The lowest BCUT2D eigenvalue weighted by Crippen LogP contribution is -2.37. The van der Waals surface area contributed by atoms with Crippen molar-refractivity contribution in [3.63, 3.8) is 0 Å². The summed E-state index contributed by atoms with van der Waals surface area (Å²) >= 11 is 4.06. The number of aliphatic hydroxyl groups excluding tert-OH is 2. The van der Waals surface area contributed by atoms with Crippen LogP contribution in [0.5, 0.6) is 57.5 Å². The average molecular weight is 1380 g/mol. The van der Waals surface area contributed by atoms with Gasteiger partial charge in [-0.2, -0.15) is 0 Å². The van der Waals surface area contributed by atoms with E-state index in [1.807, 2.05) is 291 Å². The quantitative estimate of drug-likeness (QED) is 0.0508. The van der Waals surface area contributed by atoms with E-state index in [2.05, 4.69) is 15.9 Å². The van der Waals surface area contributed by atoms with Crippen LogP contribution in [0.25, 0.3) is 0 Å². The average Bonchev–Trinajstić information content (AvgIpc) is 0.719. The van der Waals surface area contributed by atoms with Gasteiger partial charge < -0.3 is 57.6 Å². The second-order valence-corrected chi connectivity index (χ2v) is 25.2. The summed E-state index contributed by atoms with van der Waals surface area (Å²) in [5, 5.41) is 27.1. The summed E-state index contributed by atoms with van der Waals surface area (Å²) in [6.45, 7) is 1.67. The van der Waals surface area contributed by atoms with Gasteiger partial charge in [0.15, 0.2) is 29.1 Å². The number of hydrogen-bond donors (Lipinski definition) is 2. The third kappa shape index (κ3) is 15.9. The van der Waals surface area contributed by atoms with Crippen molar-refractivity contribution in [2.45, 2.75) is 89.6 Å². The Morgan fingerprint density at radius 2 is 0.576 bits per heavy atom. The molecule has 2 aliphatic rings. The van der Waals surface area contributed by atoms with Crippen LogP contribution in [0, 0.1) is 0 Å². The summed E-state index contributed by atoms with van der Waals surface area (Å²) in [7, 11) is 0. The SMILES string of the molecule is O[C@H]1[C@H](c2c(OCc3ccccc3)cc(OCc3ccccc3)c3c2O[C@H](c2ccc(OCc4ccccc4)c(OCc4ccccc4)c2)[C@@H](O)C3)c2c(OCc3ccccc3)cc(OCc3ccccc3)c(Br)c2O[C@@H]1c1ccc(OCc2ccccc2)c(OCc2ccccc2)c1. The molecule has 12 aromatic rings. The molecular formula is C86H73BrO12. The Hall–Kier alpha value is -11.0. The van der Waals surface area contributed by atoms with Gasteiger partial charge in [0.2, 0.25) is 0 Å². The zero-order chi connectivity index (χ0) is 67.1. The number of benzene rings is 12. The lowest BCUT2D eigenvalue weighted by molar-refractivity contribution is 0.0000800. The van der Waals surface area contributed by atoms with E-state index in [0.717, 1.165) is 44.5 Å². The molecule has 5 atom stereocenters. The molecule has 0 unspecified atom stereocenters. The fraction of sp³-hybridized carbons (Fsp3) is 0.163. The van der Waals surface area contributed by atoms with E-state index in [4.69, 9.17) is 47.4 Å². The van der Waals surface area contributed by atoms with Crippen molar-refractivity contribution in [1.82, 2.24) is 0 Å². The minimum absolute atomic E-state index is 0.0536. The van der Waals surface area contributed by atoms with Gasteiger partial charge >= 0.3 is 0 Å². The standard InChI is InChI=1S/C86H73BrO12/c87-81-77(97-57-65-39-23-8-24-40-65)49-76(96-56-64-37-21-7-22-38-64)79-80(82(89)84(99-86(79)81)67-42-44-71(91-51-59-27-11-2-12-28-59)74(46-67)94-54-62-33-17-5-18-34-62)78-75(95-55-63-35-19-6-20-36-63)48-72(92-52-60-29-13-3-14-30-60)68-47-69(88)83(98-85(68)78)66-41-43-70(90-50-58-25-9-1-10-26-58)73(45-66)93-53-61-31-15-4-16-32-61/h1-46,48-49,69,80,82-84,88-89H,47,50-57H2/t69-,80+,82-,83+,84+/m0/s1. The maximum Gasteiger partial charge on any atom is 0.162 e. The molecule has 12 nitrogen and oxygen atoms in total. The highest BCUT2D eigenvalue weighted by molar-refractivity contribution is 9.10. The second kappa shape index (κ2) is 31.5. The van der Waals surface area contributed by atoms with E-state index in [1.165, 1.54) is 0 Å². The monoisotopic (exact) mass is 1380 g/mol. The topological polar surface area (TPSA) is 133 Å². The van der Waals surface area contributed by atoms with Crippen molar-refractivity contribution in [3.8, 4) is 57.5 Å². The molecule has 0 bridgehead atoms. The van der Waals surface area contributed by atoms with Crippen molar-refractivity contribution in [2.75, 3.05) is 0 Å². The molecule has 0 spiro atoms. The summed E-state index contributed by atoms with van der Waals surface area (Å²) in [6, 6.07) is 94.4.